The fraction of sp³-hybridized carbons (Fsp3) is 0.250. The van der Waals surface area contributed by atoms with Gasteiger partial charge < -0.3 is 21.3 Å². The van der Waals surface area contributed by atoms with Crippen molar-refractivity contribution in [3.8, 4) is 11.3 Å². The maximum absolute atomic E-state index is 11.3. The Morgan fingerprint density at radius 2 is 1.91 bits per heavy atom. The van der Waals surface area contributed by atoms with Crippen molar-refractivity contribution in [1.82, 2.24) is 20.5 Å². The van der Waals surface area contributed by atoms with Gasteiger partial charge >= 0.3 is 0 Å². The van der Waals surface area contributed by atoms with Gasteiger partial charge in [-0.15, -0.1) is 0 Å². The highest BCUT2D eigenvalue weighted by atomic mass is 16.1. The number of hydrogen-bond acceptors (Lipinski definition) is 6. The molecule has 1 aromatic heterocycles. The van der Waals surface area contributed by atoms with E-state index in [2.05, 4.69) is 63.0 Å². The zero-order valence-electron chi connectivity index (χ0n) is 19.6. The number of hydrogen-bond donors (Lipinski definition) is 3. The molecule has 0 radical (unpaired) electrons. The van der Waals surface area contributed by atoms with Gasteiger partial charge in [-0.05, 0) is 36.8 Å². The number of rotatable bonds is 5. The molecule has 1 atom stereocenters. The molecule has 6 rings (SSSR count). The Morgan fingerprint density at radius 1 is 1.11 bits per heavy atom. The Kier molecular flexibility index (Phi) is 5.25. The minimum absolute atomic E-state index is 0.0296. The molecule has 176 valence electrons. The fourth-order valence-corrected chi connectivity index (χ4v) is 5.34. The van der Waals surface area contributed by atoms with E-state index < -0.39 is 0 Å². The number of carbonyl (C=O) groups is 1. The topological polar surface area (TPSA) is 95.6 Å². The molecule has 3 heterocycles. The molecule has 1 amide bonds. The minimum Gasteiger partial charge on any atom is -0.382 e. The van der Waals surface area contributed by atoms with Crippen LogP contribution in [0.15, 0.2) is 83.8 Å². The van der Waals surface area contributed by atoms with E-state index in [0.29, 0.717) is 17.7 Å². The molecule has 2 aliphatic heterocycles. The summed E-state index contributed by atoms with van der Waals surface area (Å²) in [5.74, 6) is 1.51. The summed E-state index contributed by atoms with van der Waals surface area (Å²) >= 11 is 0. The quantitative estimate of drug-likeness (QED) is 0.534. The van der Waals surface area contributed by atoms with Crippen LogP contribution < -0.4 is 16.4 Å². The molecule has 3 aromatic rings. The van der Waals surface area contributed by atoms with Crippen molar-refractivity contribution >= 4 is 28.3 Å². The van der Waals surface area contributed by atoms with E-state index in [9.17, 15) is 4.79 Å². The van der Waals surface area contributed by atoms with E-state index in [1.807, 2.05) is 24.4 Å². The number of amides is 1. The smallest absolute Gasteiger partial charge is 0.216 e. The average Bonchev–Trinajstić information content (AvgIpc) is 3.23. The highest BCUT2D eigenvalue weighted by Gasteiger charge is 2.43. The zero-order valence-corrected chi connectivity index (χ0v) is 19.6. The van der Waals surface area contributed by atoms with Crippen LogP contribution in [0, 0.1) is 11.8 Å². The first-order valence-electron chi connectivity index (χ1n) is 12.1. The van der Waals surface area contributed by atoms with Gasteiger partial charge in [0.25, 0.3) is 0 Å². The monoisotopic (exact) mass is 464 g/mol. The molecule has 0 saturated heterocycles. The van der Waals surface area contributed by atoms with E-state index in [1.54, 1.807) is 13.1 Å². The third-order valence-corrected chi connectivity index (χ3v) is 7.18. The Labute approximate surface area is 204 Å². The number of aliphatic imine (C=N–C) groups is 1. The number of nitrogens with zero attached hydrogens (tertiary/aromatic N) is 3. The Bertz CT molecular complexity index is 1390. The van der Waals surface area contributed by atoms with E-state index in [-0.39, 0.29) is 12.1 Å². The first kappa shape index (κ1) is 21.4. The van der Waals surface area contributed by atoms with Crippen LogP contribution in [0.3, 0.4) is 0 Å². The van der Waals surface area contributed by atoms with Gasteiger partial charge in [0.05, 0.1) is 16.9 Å². The third kappa shape index (κ3) is 3.93. The van der Waals surface area contributed by atoms with Crippen LogP contribution in [0.5, 0.6) is 0 Å². The van der Waals surface area contributed by atoms with Crippen molar-refractivity contribution in [1.29, 1.82) is 0 Å². The van der Waals surface area contributed by atoms with Gasteiger partial charge in [-0.2, -0.15) is 0 Å². The van der Waals surface area contributed by atoms with Crippen LogP contribution in [-0.4, -0.2) is 34.3 Å². The SMILES string of the molecule is CC(=O)NCC1CC(C2NC(c3ccc4ccc(-c5ccccc5)nc4c3)=C3C(N)=NC=CN32)C1. The maximum Gasteiger partial charge on any atom is 0.216 e. The van der Waals surface area contributed by atoms with Gasteiger partial charge in [-0.3, -0.25) is 4.79 Å². The first-order valence-corrected chi connectivity index (χ1v) is 12.1. The lowest BCUT2D eigenvalue weighted by Crippen LogP contribution is -2.49. The van der Waals surface area contributed by atoms with Crippen LogP contribution in [0.25, 0.3) is 27.9 Å². The first-order chi connectivity index (χ1) is 17.1. The number of nitrogens with one attached hydrogen (secondary N) is 2. The molecular weight excluding hydrogens is 436 g/mol. The highest BCUT2D eigenvalue weighted by molar-refractivity contribution is 6.05. The summed E-state index contributed by atoms with van der Waals surface area (Å²) in [6, 6.07) is 20.8. The lowest BCUT2D eigenvalue weighted by Gasteiger charge is -2.42. The van der Waals surface area contributed by atoms with Crippen molar-refractivity contribution < 1.29 is 4.79 Å². The molecule has 3 aliphatic rings. The van der Waals surface area contributed by atoms with Gasteiger partial charge in [0, 0.05) is 42.4 Å². The van der Waals surface area contributed by atoms with Crippen LogP contribution in [0.2, 0.25) is 0 Å². The molecule has 1 saturated carbocycles. The molecule has 2 aromatic carbocycles. The maximum atomic E-state index is 11.3. The molecule has 1 fully saturated rings. The summed E-state index contributed by atoms with van der Waals surface area (Å²) in [6.45, 7) is 2.31. The number of nitrogens with two attached hydrogens (primary N) is 1. The number of pyridine rings is 1. The number of aromatic nitrogens is 1. The molecule has 35 heavy (non-hydrogen) atoms. The summed E-state index contributed by atoms with van der Waals surface area (Å²) in [5.41, 5.74) is 12.3. The van der Waals surface area contributed by atoms with Gasteiger partial charge in [0.15, 0.2) is 0 Å². The third-order valence-electron chi connectivity index (χ3n) is 7.18. The molecule has 7 heteroatoms. The predicted molar refractivity (Wildman–Crippen MR) is 139 cm³/mol. The van der Waals surface area contributed by atoms with Gasteiger partial charge in [-0.25, -0.2) is 9.98 Å². The van der Waals surface area contributed by atoms with Gasteiger partial charge in [0.1, 0.15) is 17.7 Å². The number of carbonyl (C=O) groups excluding carboxylic acids is 1. The number of amidine groups is 1. The van der Waals surface area contributed by atoms with Gasteiger partial charge in [-0.1, -0.05) is 48.5 Å². The largest absolute Gasteiger partial charge is 0.382 e. The average molecular weight is 465 g/mol. The summed E-state index contributed by atoms with van der Waals surface area (Å²) in [7, 11) is 0. The highest BCUT2D eigenvalue weighted by Crippen LogP contribution is 2.42. The van der Waals surface area contributed by atoms with Crippen molar-refractivity contribution in [3.63, 3.8) is 0 Å². The van der Waals surface area contributed by atoms with E-state index in [4.69, 9.17) is 10.7 Å². The number of fused-ring (bicyclic) bond motifs is 2. The van der Waals surface area contributed by atoms with Crippen molar-refractivity contribution in [2.75, 3.05) is 6.54 Å². The van der Waals surface area contributed by atoms with Crippen molar-refractivity contribution in [2.45, 2.75) is 25.9 Å². The molecule has 4 N–H and O–H groups in total. The Balaban J connectivity index is 1.30. The second kappa shape index (κ2) is 8.58. The summed E-state index contributed by atoms with van der Waals surface area (Å²) in [5, 5.41) is 7.80. The number of benzene rings is 2. The Morgan fingerprint density at radius 3 is 2.71 bits per heavy atom. The zero-order chi connectivity index (χ0) is 23.9. The van der Waals surface area contributed by atoms with Crippen LogP contribution >= 0.6 is 0 Å². The lowest BCUT2D eigenvalue weighted by atomic mass is 9.73. The summed E-state index contributed by atoms with van der Waals surface area (Å²) in [4.78, 5) is 22.8. The van der Waals surface area contributed by atoms with E-state index in [1.165, 1.54) is 0 Å². The Hall–Kier alpha value is -4.13. The second-order valence-corrected chi connectivity index (χ2v) is 9.54. The molecular formula is C28H28N6O. The van der Waals surface area contributed by atoms with Crippen LogP contribution in [0.4, 0.5) is 0 Å². The van der Waals surface area contributed by atoms with E-state index >= 15 is 0 Å². The fourth-order valence-electron chi connectivity index (χ4n) is 5.34. The predicted octanol–water partition coefficient (Wildman–Crippen LogP) is 3.81. The van der Waals surface area contributed by atoms with E-state index in [0.717, 1.165) is 58.5 Å². The van der Waals surface area contributed by atoms with Crippen molar-refractivity contribution in [3.05, 3.63) is 84.3 Å². The minimum atomic E-state index is 0.0296. The molecule has 7 nitrogen and oxygen atoms in total. The van der Waals surface area contributed by atoms with Gasteiger partial charge in [0.2, 0.25) is 5.91 Å². The van der Waals surface area contributed by atoms with Crippen molar-refractivity contribution in [2.24, 2.45) is 22.6 Å². The molecule has 0 spiro atoms. The molecule has 0 bridgehead atoms. The second-order valence-electron chi connectivity index (χ2n) is 9.54. The van der Waals surface area contributed by atoms with Crippen LogP contribution in [0.1, 0.15) is 25.3 Å². The summed E-state index contributed by atoms with van der Waals surface area (Å²) < 4.78 is 0. The lowest BCUT2D eigenvalue weighted by molar-refractivity contribution is -0.119. The standard InChI is InChI=1S/C28H28N6O/c1-17(35)31-16-18-13-22(14-18)28-33-25(26-27(29)30-11-12-34(26)28)21-8-7-20-9-10-23(32-24(20)15-21)19-5-3-2-4-6-19/h2-12,15,18,22,28,33H,13-14,16H2,1H3,(H2,29,30)(H,31,35). The molecule has 1 aliphatic carbocycles. The summed E-state index contributed by atoms with van der Waals surface area (Å²) in [6.07, 6.45) is 5.99. The van der Waals surface area contributed by atoms with Crippen LogP contribution in [-0.2, 0) is 4.79 Å². The molecule has 1 unspecified atom stereocenters. The normalized spacial score (nSPS) is 22.9.